The number of esters is 1. The van der Waals surface area contributed by atoms with Gasteiger partial charge in [0.15, 0.2) is 0 Å². The highest BCUT2D eigenvalue weighted by molar-refractivity contribution is 6.05. The SMILES string of the molecule is CCCn1c(=O)c2c(n3ccnc13)N=C(c1cnn(Cc3cccc(C(=O)OC)c3)c1)C2. The van der Waals surface area contributed by atoms with E-state index in [2.05, 4.69) is 10.1 Å². The van der Waals surface area contributed by atoms with Crippen molar-refractivity contribution in [3.8, 4) is 0 Å². The van der Waals surface area contributed by atoms with Gasteiger partial charge in [0, 0.05) is 37.1 Å². The topological polar surface area (TPSA) is 95.8 Å². The van der Waals surface area contributed by atoms with Crippen LogP contribution in [0.3, 0.4) is 0 Å². The number of benzene rings is 1. The van der Waals surface area contributed by atoms with Gasteiger partial charge in [0.05, 0.1) is 36.7 Å². The van der Waals surface area contributed by atoms with Gasteiger partial charge in [0.25, 0.3) is 5.56 Å². The molecule has 0 radical (unpaired) electrons. The molecule has 0 amide bonds. The highest BCUT2D eigenvalue weighted by Gasteiger charge is 2.25. The molecule has 0 unspecified atom stereocenters. The zero-order valence-corrected chi connectivity index (χ0v) is 17.9. The van der Waals surface area contributed by atoms with Crippen LogP contribution in [0.2, 0.25) is 0 Å². The Labute approximate surface area is 183 Å². The first-order valence-corrected chi connectivity index (χ1v) is 10.5. The van der Waals surface area contributed by atoms with Crippen molar-refractivity contribution >= 4 is 23.3 Å². The maximum atomic E-state index is 13.1. The number of hydrogen-bond acceptors (Lipinski definition) is 6. The normalized spacial score (nSPS) is 12.8. The van der Waals surface area contributed by atoms with Crippen LogP contribution in [-0.4, -0.2) is 42.5 Å². The van der Waals surface area contributed by atoms with E-state index < -0.39 is 0 Å². The van der Waals surface area contributed by atoms with Crippen LogP contribution < -0.4 is 5.56 Å². The molecule has 0 bridgehead atoms. The third kappa shape index (κ3) is 3.31. The van der Waals surface area contributed by atoms with Crippen LogP contribution >= 0.6 is 0 Å². The average molecular weight is 430 g/mol. The Kier molecular flexibility index (Phi) is 4.93. The highest BCUT2D eigenvalue weighted by Crippen LogP contribution is 2.27. The van der Waals surface area contributed by atoms with E-state index >= 15 is 0 Å². The third-order valence-electron chi connectivity index (χ3n) is 5.56. The predicted molar refractivity (Wildman–Crippen MR) is 119 cm³/mol. The number of rotatable bonds is 6. The Morgan fingerprint density at radius 2 is 2.16 bits per heavy atom. The quantitative estimate of drug-likeness (QED) is 0.438. The first-order valence-electron chi connectivity index (χ1n) is 10.5. The second-order valence-electron chi connectivity index (χ2n) is 7.71. The molecule has 0 aliphatic carbocycles. The Balaban J connectivity index is 1.44. The fourth-order valence-corrected chi connectivity index (χ4v) is 4.06. The molecule has 9 heteroatoms. The van der Waals surface area contributed by atoms with Crippen molar-refractivity contribution in [2.75, 3.05) is 7.11 Å². The lowest BCUT2D eigenvalue weighted by atomic mass is 10.1. The summed E-state index contributed by atoms with van der Waals surface area (Å²) in [6.45, 7) is 3.15. The first kappa shape index (κ1) is 19.9. The number of hydrogen-bond donors (Lipinski definition) is 0. The predicted octanol–water partition coefficient (Wildman–Crippen LogP) is 2.61. The van der Waals surface area contributed by atoms with Crippen molar-refractivity contribution in [3.63, 3.8) is 0 Å². The number of nitrogens with zero attached hydrogens (tertiary/aromatic N) is 6. The van der Waals surface area contributed by atoms with Crippen LogP contribution in [0.1, 0.15) is 40.4 Å². The lowest BCUT2D eigenvalue weighted by Gasteiger charge is -2.09. The zero-order chi connectivity index (χ0) is 22.2. The summed E-state index contributed by atoms with van der Waals surface area (Å²) < 4.78 is 10.2. The van der Waals surface area contributed by atoms with E-state index in [9.17, 15) is 9.59 Å². The third-order valence-corrected chi connectivity index (χ3v) is 5.56. The van der Waals surface area contributed by atoms with Crippen molar-refractivity contribution in [2.24, 2.45) is 4.99 Å². The fraction of sp³-hybridized carbons (Fsp3) is 0.261. The van der Waals surface area contributed by atoms with Crippen molar-refractivity contribution < 1.29 is 9.53 Å². The van der Waals surface area contributed by atoms with Crippen LogP contribution in [0.15, 0.2) is 58.8 Å². The minimum atomic E-state index is -0.370. The second-order valence-corrected chi connectivity index (χ2v) is 7.71. The molecule has 4 aromatic rings. The molecular formula is C23H22N6O3. The van der Waals surface area contributed by atoms with Gasteiger partial charge in [0.2, 0.25) is 5.78 Å². The molecule has 0 atom stereocenters. The Morgan fingerprint density at radius 1 is 1.28 bits per heavy atom. The number of imidazole rings is 1. The monoisotopic (exact) mass is 430 g/mol. The molecule has 32 heavy (non-hydrogen) atoms. The molecule has 0 saturated carbocycles. The minimum Gasteiger partial charge on any atom is -0.465 e. The molecule has 1 aliphatic rings. The van der Waals surface area contributed by atoms with E-state index in [0.29, 0.717) is 42.2 Å². The van der Waals surface area contributed by atoms with Gasteiger partial charge in [-0.15, -0.1) is 0 Å². The molecule has 0 N–H and O–H groups in total. The molecule has 0 saturated heterocycles. The van der Waals surface area contributed by atoms with Gasteiger partial charge >= 0.3 is 5.97 Å². The molecule has 1 aliphatic heterocycles. The van der Waals surface area contributed by atoms with E-state index in [-0.39, 0.29) is 11.5 Å². The Hall–Kier alpha value is -4.01. The van der Waals surface area contributed by atoms with Crippen LogP contribution in [-0.2, 0) is 24.2 Å². The number of carbonyl (C=O) groups excluding carboxylic acids is 1. The van der Waals surface area contributed by atoms with Crippen molar-refractivity contribution in [2.45, 2.75) is 32.9 Å². The molecule has 162 valence electrons. The van der Waals surface area contributed by atoms with E-state index in [4.69, 9.17) is 9.73 Å². The number of ether oxygens (including phenoxy) is 1. The molecule has 4 heterocycles. The lowest BCUT2D eigenvalue weighted by Crippen LogP contribution is -2.26. The van der Waals surface area contributed by atoms with Gasteiger partial charge in [0.1, 0.15) is 5.82 Å². The van der Waals surface area contributed by atoms with Crippen LogP contribution in [0.4, 0.5) is 5.82 Å². The first-order chi connectivity index (χ1) is 15.6. The maximum Gasteiger partial charge on any atom is 0.337 e. The van der Waals surface area contributed by atoms with Crippen molar-refractivity contribution in [3.05, 3.63) is 81.7 Å². The number of methoxy groups -OCH3 is 1. The zero-order valence-electron chi connectivity index (χ0n) is 17.9. The molecule has 5 rings (SSSR count). The molecule has 9 nitrogen and oxygen atoms in total. The van der Waals surface area contributed by atoms with Gasteiger partial charge in [-0.25, -0.2) is 14.8 Å². The maximum absolute atomic E-state index is 13.1. The molecular weight excluding hydrogens is 408 g/mol. The van der Waals surface area contributed by atoms with E-state index in [1.165, 1.54) is 7.11 Å². The second kappa shape index (κ2) is 7.92. The van der Waals surface area contributed by atoms with Crippen molar-refractivity contribution in [1.82, 2.24) is 23.7 Å². The minimum absolute atomic E-state index is 0.0358. The molecule has 3 aromatic heterocycles. The molecule has 0 spiro atoms. The molecule has 1 aromatic carbocycles. The van der Waals surface area contributed by atoms with E-state index in [1.54, 1.807) is 33.8 Å². The summed E-state index contributed by atoms with van der Waals surface area (Å²) in [7, 11) is 1.36. The summed E-state index contributed by atoms with van der Waals surface area (Å²) in [4.78, 5) is 34.0. The standard InChI is InChI=1S/C23H22N6O3/c1-3-8-29-21(30)18-11-19(26-20(18)28-9-7-24-23(28)29)17-12-25-27(14-17)13-15-5-4-6-16(10-15)22(31)32-2/h4-7,9-10,12,14H,3,8,11,13H2,1-2H3. The summed E-state index contributed by atoms with van der Waals surface area (Å²) in [5, 5.41) is 4.45. The highest BCUT2D eigenvalue weighted by atomic mass is 16.5. The number of aromatic nitrogens is 5. The van der Waals surface area contributed by atoms with Crippen LogP contribution in [0.25, 0.3) is 5.78 Å². The number of aryl methyl sites for hydroxylation is 1. The van der Waals surface area contributed by atoms with Gasteiger partial charge in [-0.05, 0) is 24.1 Å². The van der Waals surface area contributed by atoms with Crippen molar-refractivity contribution in [1.29, 1.82) is 0 Å². The summed E-state index contributed by atoms with van der Waals surface area (Å²) in [5.74, 6) is 0.885. The van der Waals surface area contributed by atoms with Crippen LogP contribution in [0.5, 0.6) is 0 Å². The fourth-order valence-electron chi connectivity index (χ4n) is 4.06. The summed E-state index contributed by atoms with van der Waals surface area (Å²) in [6, 6.07) is 7.27. The largest absolute Gasteiger partial charge is 0.465 e. The van der Waals surface area contributed by atoms with E-state index in [0.717, 1.165) is 23.3 Å². The van der Waals surface area contributed by atoms with Gasteiger partial charge in [-0.3, -0.25) is 18.4 Å². The van der Waals surface area contributed by atoms with Gasteiger partial charge in [-0.2, -0.15) is 5.10 Å². The Bertz CT molecular complexity index is 1430. The van der Waals surface area contributed by atoms with Gasteiger partial charge < -0.3 is 4.74 Å². The summed E-state index contributed by atoms with van der Waals surface area (Å²) >= 11 is 0. The smallest absolute Gasteiger partial charge is 0.337 e. The van der Waals surface area contributed by atoms with Crippen LogP contribution in [0, 0.1) is 0 Å². The number of carbonyl (C=O) groups is 1. The summed E-state index contributed by atoms with van der Waals surface area (Å²) in [5.41, 5.74) is 3.74. The number of fused-ring (bicyclic) bond motifs is 3. The molecule has 0 fully saturated rings. The van der Waals surface area contributed by atoms with Gasteiger partial charge in [-0.1, -0.05) is 19.1 Å². The summed E-state index contributed by atoms with van der Waals surface area (Å²) in [6.07, 6.45) is 8.49. The number of aliphatic imine (C=N–C) groups is 1. The average Bonchev–Trinajstić information content (AvgIpc) is 3.55. The Morgan fingerprint density at radius 3 is 2.97 bits per heavy atom. The lowest BCUT2D eigenvalue weighted by molar-refractivity contribution is 0.0600. The van der Waals surface area contributed by atoms with E-state index in [1.807, 2.05) is 35.9 Å².